The Morgan fingerprint density at radius 2 is 1.45 bits per heavy atom. The zero-order valence-electron chi connectivity index (χ0n) is 17.9. The Bertz CT molecular complexity index is 1200. The molecule has 0 aromatic heterocycles. The molecule has 3 aromatic rings. The average molecular weight is 464 g/mol. The molecule has 0 saturated heterocycles. The molecule has 3 N–H and O–H groups in total. The van der Waals surface area contributed by atoms with Gasteiger partial charge in [-0.2, -0.15) is 0 Å². The standard InChI is InChI=1S/C23H21N5O4S/c1-14(29)25-17-6-8-20-22(11-17)33-23-12-18(26-15(2)30)7-9-21(23)27(20)13-24-16-4-3-5-19(10-16)28(31)32/h3-12,24H,13H2,1-2H3,(H,25,29)(H,26,30). The lowest BCUT2D eigenvalue weighted by atomic mass is 10.2. The van der Waals surface area contributed by atoms with Crippen molar-refractivity contribution in [2.75, 3.05) is 27.5 Å². The molecule has 0 bridgehead atoms. The number of nitrogens with zero attached hydrogens (tertiary/aromatic N) is 2. The Hall–Kier alpha value is -4.05. The fourth-order valence-electron chi connectivity index (χ4n) is 3.52. The summed E-state index contributed by atoms with van der Waals surface area (Å²) in [7, 11) is 0. The second kappa shape index (κ2) is 9.21. The maximum atomic E-state index is 11.5. The Balaban J connectivity index is 1.69. The highest BCUT2D eigenvalue weighted by atomic mass is 32.2. The van der Waals surface area contributed by atoms with E-state index in [9.17, 15) is 19.7 Å². The van der Waals surface area contributed by atoms with Crippen molar-refractivity contribution in [3.63, 3.8) is 0 Å². The minimum Gasteiger partial charge on any atom is -0.367 e. The molecule has 4 rings (SSSR count). The molecule has 0 atom stereocenters. The van der Waals surface area contributed by atoms with Crippen LogP contribution in [0.25, 0.3) is 0 Å². The number of amides is 2. The van der Waals surface area contributed by atoms with Gasteiger partial charge in [-0.05, 0) is 42.5 Å². The number of hydrogen-bond acceptors (Lipinski definition) is 7. The van der Waals surface area contributed by atoms with E-state index in [1.165, 1.54) is 37.7 Å². The molecule has 0 radical (unpaired) electrons. The van der Waals surface area contributed by atoms with Gasteiger partial charge >= 0.3 is 0 Å². The van der Waals surface area contributed by atoms with Crippen molar-refractivity contribution in [1.82, 2.24) is 0 Å². The maximum absolute atomic E-state index is 11.5. The van der Waals surface area contributed by atoms with Gasteiger partial charge in [-0.25, -0.2) is 0 Å². The average Bonchev–Trinajstić information content (AvgIpc) is 2.75. The van der Waals surface area contributed by atoms with E-state index in [0.717, 1.165) is 21.2 Å². The van der Waals surface area contributed by atoms with Gasteiger partial charge < -0.3 is 20.9 Å². The zero-order chi connectivity index (χ0) is 23.5. The first-order valence-corrected chi connectivity index (χ1v) is 10.9. The summed E-state index contributed by atoms with van der Waals surface area (Å²) in [4.78, 5) is 37.6. The number of carbonyl (C=O) groups excluding carboxylic acids is 2. The van der Waals surface area contributed by atoms with Crippen LogP contribution in [0.5, 0.6) is 0 Å². The highest BCUT2D eigenvalue weighted by Gasteiger charge is 2.24. The molecule has 10 heteroatoms. The number of nitro groups is 1. The van der Waals surface area contributed by atoms with Crippen LogP contribution in [-0.4, -0.2) is 23.4 Å². The van der Waals surface area contributed by atoms with Gasteiger partial charge in [-0.3, -0.25) is 19.7 Å². The third-order valence-electron chi connectivity index (χ3n) is 4.86. The monoisotopic (exact) mass is 463 g/mol. The lowest BCUT2D eigenvalue weighted by Crippen LogP contribution is -2.27. The van der Waals surface area contributed by atoms with Crippen molar-refractivity contribution >= 4 is 57.7 Å². The quantitative estimate of drug-likeness (QED) is 0.340. The SMILES string of the molecule is CC(=O)Nc1ccc2c(c1)Sc1cc(NC(C)=O)ccc1N2CNc1cccc([N+](=O)[O-])c1. The smallest absolute Gasteiger partial charge is 0.271 e. The third-order valence-corrected chi connectivity index (χ3v) is 5.95. The maximum Gasteiger partial charge on any atom is 0.271 e. The van der Waals surface area contributed by atoms with E-state index in [2.05, 4.69) is 20.9 Å². The van der Waals surface area contributed by atoms with Crippen molar-refractivity contribution in [3.8, 4) is 0 Å². The van der Waals surface area contributed by atoms with Gasteiger partial charge in [0.1, 0.15) is 0 Å². The largest absolute Gasteiger partial charge is 0.367 e. The van der Waals surface area contributed by atoms with Crippen LogP contribution in [0.4, 0.5) is 34.1 Å². The molecule has 33 heavy (non-hydrogen) atoms. The Morgan fingerprint density at radius 1 is 0.879 bits per heavy atom. The second-order valence-corrected chi connectivity index (χ2v) is 8.48. The molecule has 9 nitrogen and oxygen atoms in total. The molecular weight excluding hydrogens is 442 g/mol. The van der Waals surface area contributed by atoms with Crippen molar-refractivity contribution in [2.45, 2.75) is 23.6 Å². The number of rotatable bonds is 6. The third kappa shape index (κ3) is 5.07. The molecule has 0 unspecified atom stereocenters. The van der Waals surface area contributed by atoms with E-state index in [1.54, 1.807) is 12.1 Å². The number of carbonyl (C=O) groups is 2. The number of nitrogens with one attached hydrogen (secondary N) is 3. The van der Waals surface area contributed by atoms with Crippen molar-refractivity contribution in [3.05, 3.63) is 70.8 Å². The van der Waals surface area contributed by atoms with E-state index in [0.29, 0.717) is 23.7 Å². The summed E-state index contributed by atoms with van der Waals surface area (Å²) in [6.07, 6.45) is 0. The van der Waals surface area contributed by atoms with E-state index in [-0.39, 0.29) is 17.5 Å². The van der Waals surface area contributed by atoms with Crippen LogP contribution >= 0.6 is 11.8 Å². The molecule has 0 aliphatic carbocycles. The van der Waals surface area contributed by atoms with Gasteiger partial charge in [0, 0.05) is 52.8 Å². The molecule has 168 valence electrons. The van der Waals surface area contributed by atoms with Crippen LogP contribution in [-0.2, 0) is 9.59 Å². The number of anilines is 5. The van der Waals surface area contributed by atoms with Gasteiger partial charge in [0.2, 0.25) is 11.8 Å². The van der Waals surface area contributed by atoms with Crippen LogP contribution in [0.15, 0.2) is 70.5 Å². The summed E-state index contributed by atoms with van der Waals surface area (Å²) in [6.45, 7) is 3.26. The summed E-state index contributed by atoms with van der Waals surface area (Å²) in [5.41, 5.74) is 3.84. The Labute approximate surface area is 194 Å². The highest BCUT2D eigenvalue weighted by Crippen LogP contribution is 2.49. The topological polar surface area (TPSA) is 117 Å². The number of fused-ring (bicyclic) bond motifs is 2. The molecule has 0 saturated carbocycles. The van der Waals surface area contributed by atoms with Crippen LogP contribution < -0.4 is 20.9 Å². The van der Waals surface area contributed by atoms with Crippen LogP contribution in [0.1, 0.15) is 13.8 Å². The predicted molar refractivity (Wildman–Crippen MR) is 129 cm³/mol. The zero-order valence-corrected chi connectivity index (χ0v) is 18.7. The molecule has 1 heterocycles. The molecule has 2 amide bonds. The van der Waals surface area contributed by atoms with Gasteiger partial charge in [-0.1, -0.05) is 17.8 Å². The fraction of sp³-hybridized carbons (Fsp3) is 0.130. The van der Waals surface area contributed by atoms with E-state index in [4.69, 9.17) is 0 Å². The molecule has 1 aliphatic rings. The van der Waals surface area contributed by atoms with Crippen molar-refractivity contribution < 1.29 is 14.5 Å². The van der Waals surface area contributed by atoms with Gasteiger partial charge in [-0.15, -0.1) is 0 Å². The molecule has 1 aliphatic heterocycles. The number of hydrogen-bond donors (Lipinski definition) is 3. The minimum absolute atomic E-state index is 0.00916. The van der Waals surface area contributed by atoms with Gasteiger partial charge in [0.15, 0.2) is 0 Å². The first-order valence-electron chi connectivity index (χ1n) is 10.1. The second-order valence-electron chi connectivity index (χ2n) is 7.40. The van der Waals surface area contributed by atoms with Crippen LogP contribution in [0, 0.1) is 10.1 Å². The highest BCUT2D eigenvalue weighted by molar-refractivity contribution is 7.99. The summed E-state index contributed by atoms with van der Waals surface area (Å²) < 4.78 is 0. The summed E-state index contributed by atoms with van der Waals surface area (Å²) in [5, 5.41) is 20.0. The predicted octanol–water partition coefficient (Wildman–Crippen LogP) is 5.18. The first-order chi connectivity index (χ1) is 15.8. The van der Waals surface area contributed by atoms with Crippen LogP contribution in [0.2, 0.25) is 0 Å². The van der Waals surface area contributed by atoms with Crippen LogP contribution in [0.3, 0.4) is 0 Å². The number of benzene rings is 3. The normalized spacial score (nSPS) is 11.8. The van der Waals surface area contributed by atoms with E-state index < -0.39 is 4.92 Å². The lowest BCUT2D eigenvalue weighted by Gasteiger charge is -2.33. The summed E-state index contributed by atoms with van der Waals surface area (Å²) in [6, 6.07) is 17.6. The number of non-ortho nitro benzene ring substituents is 1. The summed E-state index contributed by atoms with van der Waals surface area (Å²) in [5.74, 6) is -0.318. The molecule has 3 aromatic carbocycles. The molecule has 0 fully saturated rings. The molecule has 0 spiro atoms. The van der Waals surface area contributed by atoms with E-state index in [1.807, 2.05) is 36.4 Å². The lowest BCUT2D eigenvalue weighted by molar-refractivity contribution is -0.384. The fourth-order valence-corrected chi connectivity index (χ4v) is 4.69. The van der Waals surface area contributed by atoms with Crippen molar-refractivity contribution in [2.24, 2.45) is 0 Å². The minimum atomic E-state index is -0.430. The van der Waals surface area contributed by atoms with Crippen molar-refractivity contribution in [1.29, 1.82) is 0 Å². The first kappa shape index (κ1) is 22.2. The number of nitro benzene ring substituents is 1. The summed E-state index contributed by atoms with van der Waals surface area (Å²) >= 11 is 1.54. The van der Waals surface area contributed by atoms with E-state index >= 15 is 0 Å². The molecular formula is C23H21N5O4S. The van der Waals surface area contributed by atoms with Gasteiger partial charge in [0.05, 0.1) is 23.0 Å². The van der Waals surface area contributed by atoms with Gasteiger partial charge in [0.25, 0.3) is 5.69 Å². The Morgan fingerprint density at radius 3 is 1.97 bits per heavy atom. The Kier molecular flexibility index (Phi) is 6.18.